The first kappa shape index (κ1) is 7.86. The molecule has 2 fully saturated rings. The Hall–Kier alpha value is -0.770. The zero-order valence-corrected chi connectivity index (χ0v) is 7.03. The van der Waals surface area contributed by atoms with Gasteiger partial charge in [-0.2, -0.15) is 0 Å². The van der Waals surface area contributed by atoms with E-state index >= 15 is 0 Å². The fourth-order valence-corrected chi connectivity index (χ4v) is 1.66. The van der Waals surface area contributed by atoms with E-state index in [0.29, 0.717) is 6.04 Å². The fraction of sp³-hybridized carbons (Fsp3) is 0.875. The van der Waals surface area contributed by atoms with Gasteiger partial charge in [-0.1, -0.05) is 0 Å². The van der Waals surface area contributed by atoms with Gasteiger partial charge in [0.1, 0.15) is 0 Å². The number of guanidine groups is 1. The Kier molecular flexibility index (Phi) is 1.92. The van der Waals surface area contributed by atoms with E-state index in [9.17, 15) is 0 Å². The molecule has 0 aromatic heterocycles. The lowest BCUT2D eigenvalue weighted by Gasteiger charge is -2.10. The van der Waals surface area contributed by atoms with Crippen molar-refractivity contribution in [2.24, 2.45) is 22.6 Å². The van der Waals surface area contributed by atoms with Crippen molar-refractivity contribution in [1.82, 2.24) is 5.48 Å². The highest BCUT2D eigenvalue weighted by Crippen LogP contribution is 2.46. The van der Waals surface area contributed by atoms with Crippen molar-refractivity contribution in [3.63, 3.8) is 0 Å². The summed E-state index contributed by atoms with van der Waals surface area (Å²) in [7, 11) is 0. The van der Waals surface area contributed by atoms with Gasteiger partial charge in [-0.05, 0) is 37.5 Å². The zero-order valence-electron chi connectivity index (χ0n) is 7.03. The summed E-state index contributed by atoms with van der Waals surface area (Å²) >= 11 is 0. The predicted molar refractivity (Wildman–Crippen MR) is 45.8 cm³/mol. The molecule has 0 atom stereocenters. The summed E-state index contributed by atoms with van der Waals surface area (Å²) in [5, 5.41) is 8.48. The van der Waals surface area contributed by atoms with Crippen LogP contribution in [0, 0.1) is 11.8 Å². The largest absolute Gasteiger partial charge is 0.368 e. The zero-order chi connectivity index (χ0) is 8.55. The van der Waals surface area contributed by atoms with Crippen LogP contribution < -0.4 is 11.2 Å². The standard InChI is InChI=1S/C8H15N3O/c9-8(11-12)10-7(5-1-2-5)6-3-4-6/h5-7,12H,1-4H2,(H3,9,10,11). The topological polar surface area (TPSA) is 70.6 Å². The third-order valence-electron chi connectivity index (χ3n) is 2.61. The number of hydrogen-bond acceptors (Lipinski definition) is 2. The lowest BCUT2D eigenvalue weighted by Crippen LogP contribution is -2.31. The van der Waals surface area contributed by atoms with Crippen LogP contribution in [0.5, 0.6) is 0 Å². The molecular weight excluding hydrogens is 154 g/mol. The Labute approximate surface area is 71.8 Å². The highest BCUT2D eigenvalue weighted by Gasteiger charge is 2.41. The smallest absolute Gasteiger partial charge is 0.213 e. The van der Waals surface area contributed by atoms with Crippen LogP contribution in [-0.4, -0.2) is 17.2 Å². The van der Waals surface area contributed by atoms with Gasteiger partial charge in [0, 0.05) is 0 Å². The lowest BCUT2D eigenvalue weighted by molar-refractivity contribution is 0.231. The first-order valence-corrected chi connectivity index (χ1v) is 4.54. The summed E-state index contributed by atoms with van der Waals surface area (Å²) in [5.74, 6) is 1.65. The summed E-state index contributed by atoms with van der Waals surface area (Å²) in [6.45, 7) is 0. The molecule has 0 heterocycles. The van der Waals surface area contributed by atoms with E-state index in [-0.39, 0.29) is 5.96 Å². The molecule has 2 aliphatic carbocycles. The second kappa shape index (κ2) is 2.94. The Bertz CT molecular complexity index is 184. The van der Waals surface area contributed by atoms with E-state index in [1.165, 1.54) is 25.7 Å². The minimum absolute atomic E-state index is 0.166. The van der Waals surface area contributed by atoms with Gasteiger partial charge >= 0.3 is 0 Å². The van der Waals surface area contributed by atoms with E-state index in [4.69, 9.17) is 10.9 Å². The monoisotopic (exact) mass is 169 g/mol. The summed E-state index contributed by atoms with van der Waals surface area (Å²) in [6.07, 6.45) is 5.12. The van der Waals surface area contributed by atoms with Gasteiger partial charge in [-0.25, -0.2) is 10.5 Å². The summed E-state index contributed by atoms with van der Waals surface area (Å²) in [6, 6.07) is 0.379. The predicted octanol–water partition coefficient (Wildman–Crippen LogP) is 0.468. The molecule has 0 amide bonds. The number of aliphatic imine (C=N–C) groups is 1. The van der Waals surface area contributed by atoms with Crippen LogP contribution in [0.1, 0.15) is 25.7 Å². The highest BCUT2D eigenvalue weighted by molar-refractivity contribution is 5.76. The van der Waals surface area contributed by atoms with E-state index in [1.54, 1.807) is 0 Å². The minimum Gasteiger partial charge on any atom is -0.368 e. The normalized spacial score (nSPS) is 24.7. The van der Waals surface area contributed by atoms with Crippen molar-refractivity contribution in [2.75, 3.05) is 0 Å². The molecule has 0 aromatic carbocycles. The first-order valence-electron chi connectivity index (χ1n) is 4.54. The molecule has 4 heteroatoms. The maximum absolute atomic E-state index is 8.48. The lowest BCUT2D eigenvalue weighted by atomic mass is 10.1. The molecule has 2 aliphatic rings. The van der Waals surface area contributed by atoms with Gasteiger partial charge in [-0.15, -0.1) is 0 Å². The SMILES string of the molecule is NC(=NC(C1CC1)C1CC1)NO. The maximum Gasteiger partial charge on any atom is 0.213 e. The van der Waals surface area contributed by atoms with Crippen LogP contribution in [0.3, 0.4) is 0 Å². The highest BCUT2D eigenvalue weighted by atomic mass is 16.5. The van der Waals surface area contributed by atoms with Crippen molar-refractivity contribution < 1.29 is 5.21 Å². The number of nitrogens with two attached hydrogens (primary N) is 1. The van der Waals surface area contributed by atoms with Crippen LogP contribution in [0.2, 0.25) is 0 Å². The first-order chi connectivity index (χ1) is 5.81. The van der Waals surface area contributed by atoms with Crippen molar-refractivity contribution in [2.45, 2.75) is 31.7 Å². The minimum atomic E-state index is 0.166. The molecule has 0 saturated heterocycles. The van der Waals surface area contributed by atoms with E-state index in [1.807, 2.05) is 5.48 Å². The van der Waals surface area contributed by atoms with Crippen molar-refractivity contribution in [3.8, 4) is 0 Å². The number of nitrogens with one attached hydrogen (secondary N) is 1. The van der Waals surface area contributed by atoms with Crippen LogP contribution >= 0.6 is 0 Å². The van der Waals surface area contributed by atoms with E-state index in [0.717, 1.165) is 11.8 Å². The fourth-order valence-electron chi connectivity index (χ4n) is 1.66. The number of hydroxylamine groups is 1. The van der Waals surface area contributed by atoms with Gasteiger partial charge in [0.25, 0.3) is 0 Å². The number of hydrogen-bond donors (Lipinski definition) is 3. The molecule has 12 heavy (non-hydrogen) atoms. The van der Waals surface area contributed by atoms with E-state index < -0.39 is 0 Å². The molecule has 0 aliphatic heterocycles. The average molecular weight is 169 g/mol. The Morgan fingerprint density at radius 2 is 1.83 bits per heavy atom. The van der Waals surface area contributed by atoms with E-state index in [2.05, 4.69) is 4.99 Å². The molecule has 0 aromatic rings. The van der Waals surface area contributed by atoms with Crippen molar-refractivity contribution in [3.05, 3.63) is 0 Å². The number of nitrogens with zero attached hydrogens (tertiary/aromatic N) is 1. The summed E-state index contributed by atoms with van der Waals surface area (Å²) in [4.78, 5) is 4.25. The third-order valence-corrected chi connectivity index (χ3v) is 2.61. The van der Waals surface area contributed by atoms with Gasteiger partial charge in [-0.3, -0.25) is 5.21 Å². The molecule has 4 nitrogen and oxygen atoms in total. The molecular formula is C8H15N3O. The number of rotatable bonds is 3. The van der Waals surface area contributed by atoms with Gasteiger partial charge in [0.05, 0.1) is 6.04 Å². The summed E-state index contributed by atoms with van der Waals surface area (Å²) in [5.41, 5.74) is 7.28. The van der Waals surface area contributed by atoms with Crippen molar-refractivity contribution in [1.29, 1.82) is 0 Å². The van der Waals surface area contributed by atoms with Gasteiger partial charge in [0.2, 0.25) is 5.96 Å². The molecule has 0 spiro atoms. The second-order valence-electron chi connectivity index (χ2n) is 3.79. The Morgan fingerprint density at radius 3 is 2.17 bits per heavy atom. The quantitative estimate of drug-likeness (QED) is 0.327. The second-order valence-corrected chi connectivity index (χ2v) is 3.79. The van der Waals surface area contributed by atoms with Crippen LogP contribution in [-0.2, 0) is 0 Å². The Balaban J connectivity index is 1.95. The molecule has 2 rings (SSSR count). The molecule has 0 unspecified atom stereocenters. The third kappa shape index (κ3) is 1.69. The van der Waals surface area contributed by atoms with Crippen LogP contribution in [0.15, 0.2) is 4.99 Å². The molecule has 0 bridgehead atoms. The molecule has 2 saturated carbocycles. The average Bonchev–Trinajstić information content (AvgIpc) is 2.87. The van der Waals surface area contributed by atoms with Gasteiger partial charge in [0.15, 0.2) is 0 Å². The summed E-state index contributed by atoms with van der Waals surface area (Å²) < 4.78 is 0. The maximum atomic E-state index is 8.48. The molecule has 0 radical (unpaired) electrons. The van der Waals surface area contributed by atoms with Crippen LogP contribution in [0.25, 0.3) is 0 Å². The Morgan fingerprint density at radius 1 is 1.33 bits per heavy atom. The molecule has 4 N–H and O–H groups in total. The molecule has 68 valence electrons. The van der Waals surface area contributed by atoms with Crippen molar-refractivity contribution >= 4 is 5.96 Å². The van der Waals surface area contributed by atoms with Crippen LogP contribution in [0.4, 0.5) is 0 Å². The van der Waals surface area contributed by atoms with Gasteiger partial charge < -0.3 is 5.73 Å².